The van der Waals surface area contributed by atoms with Gasteiger partial charge in [-0.05, 0) is 32.4 Å². The third-order valence-corrected chi connectivity index (χ3v) is 2.52. The summed E-state index contributed by atoms with van der Waals surface area (Å²) in [5.41, 5.74) is 6.59. The average molecular weight is 226 g/mol. The Kier molecular flexibility index (Phi) is 4.55. The standard InChI is InChI=1S/C12H19FN2O/c1-9(2)15(7-4-8-16)11-6-3-5-10(13)12(11)14/h3,5-6,9,16H,4,7-8,14H2,1-2H3. The topological polar surface area (TPSA) is 49.5 Å². The van der Waals surface area contributed by atoms with E-state index in [2.05, 4.69) is 0 Å². The molecule has 1 aromatic rings. The summed E-state index contributed by atoms with van der Waals surface area (Å²) >= 11 is 0. The molecule has 0 fully saturated rings. The molecule has 0 aliphatic rings. The zero-order chi connectivity index (χ0) is 12.1. The van der Waals surface area contributed by atoms with Crippen molar-refractivity contribution in [2.24, 2.45) is 0 Å². The second-order valence-electron chi connectivity index (χ2n) is 4.04. The molecule has 0 saturated carbocycles. The lowest BCUT2D eigenvalue weighted by Crippen LogP contribution is -2.33. The molecule has 3 N–H and O–H groups in total. The number of para-hydroxylation sites is 1. The van der Waals surface area contributed by atoms with Gasteiger partial charge >= 0.3 is 0 Å². The fourth-order valence-electron chi connectivity index (χ4n) is 1.67. The number of hydrogen-bond acceptors (Lipinski definition) is 3. The van der Waals surface area contributed by atoms with Gasteiger partial charge in [-0.25, -0.2) is 4.39 Å². The van der Waals surface area contributed by atoms with Gasteiger partial charge in [-0.2, -0.15) is 0 Å². The van der Waals surface area contributed by atoms with Crippen LogP contribution in [0.5, 0.6) is 0 Å². The zero-order valence-electron chi connectivity index (χ0n) is 9.78. The summed E-state index contributed by atoms with van der Waals surface area (Å²) in [6, 6.07) is 5.02. The second-order valence-corrected chi connectivity index (χ2v) is 4.04. The summed E-state index contributed by atoms with van der Waals surface area (Å²) in [7, 11) is 0. The molecule has 0 aliphatic heterocycles. The molecular weight excluding hydrogens is 207 g/mol. The zero-order valence-corrected chi connectivity index (χ0v) is 9.78. The Bertz CT molecular complexity index is 342. The number of anilines is 2. The van der Waals surface area contributed by atoms with E-state index < -0.39 is 5.82 Å². The van der Waals surface area contributed by atoms with Crippen molar-refractivity contribution in [3.8, 4) is 0 Å². The van der Waals surface area contributed by atoms with Crippen molar-refractivity contribution in [3.05, 3.63) is 24.0 Å². The fourth-order valence-corrected chi connectivity index (χ4v) is 1.67. The minimum atomic E-state index is -0.396. The first kappa shape index (κ1) is 12.8. The lowest BCUT2D eigenvalue weighted by Gasteiger charge is -2.30. The molecule has 1 rings (SSSR count). The molecule has 90 valence electrons. The summed E-state index contributed by atoms with van der Waals surface area (Å²) in [4.78, 5) is 1.99. The third kappa shape index (κ3) is 2.85. The lowest BCUT2D eigenvalue weighted by molar-refractivity contribution is 0.288. The highest BCUT2D eigenvalue weighted by Gasteiger charge is 2.14. The SMILES string of the molecule is CC(C)N(CCCO)c1cccc(F)c1N. The Balaban J connectivity index is 2.96. The van der Waals surface area contributed by atoms with Crippen molar-refractivity contribution >= 4 is 11.4 Å². The molecule has 0 unspecified atom stereocenters. The van der Waals surface area contributed by atoms with Crippen molar-refractivity contribution in [2.75, 3.05) is 23.8 Å². The Morgan fingerprint density at radius 1 is 1.44 bits per heavy atom. The van der Waals surface area contributed by atoms with Gasteiger partial charge in [0.2, 0.25) is 0 Å². The molecule has 1 aromatic carbocycles. The normalized spacial score (nSPS) is 10.8. The summed E-state index contributed by atoms with van der Waals surface area (Å²) < 4.78 is 13.3. The molecule has 0 amide bonds. The number of rotatable bonds is 5. The van der Waals surface area contributed by atoms with Gasteiger partial charge in [-0.1, -0.05) is 6.07 Å². The van der Waals surface area contributed by atoms with Crippen LogP contribution in [0.4, 0.5) is 15.8 Å². The first-order valence-electron chi connectivity index (χ1n) is 5.49. The van der Waals surface area contributed by atoms with Gasteiger partial charge in [-0.3, -0.25) is 0 Å². The molecule has 0 aromatic heterocycles. The number of nitrogen functional groups attached to an aromatic ring is 1. The number of aliphatic hydroxyl groups excluding tert-OH is 1. The van der Waals surface area contributed by atoms with E-state index >= 15 is 0 Å². The molecular formula is C12H19FN2O. The van der Waals surface area contributed by atoms with Crippen molar-refractivity contribution in [1.29, 1.82) is 0 Å². The van der Waals surface area contributed by atoms with Gasteiger partial charge in [0.05, 0.1) is 11.4 Å². The highest BCUT2D eigenvalue weighted by Crippen LogP contribution is 2.27. The number of benzene rings is 1. The quantitative estimate of drug-likeness (QED) is 0.755. The molecule has 0 aliphatic carbocycles. The minimum absolute atomic E-state index is 0.123. The summed E-state index contributed by atoms with van der Waals surface area (Å²) in [6.07, 6.45) is 0.647. The highest BCUT2D eigenvalue weighted by atomic mass is 19.1. The Morgan fingerprint density at radius 2 is 2.12 bits per heavy atom. The Morgan fingerprint density at radius 3 is 2.69 bits per heavy atom. The maximum Gasteiger partial charge on any atom is 0.148 e. The smallest absolute Gasteiger partial charge is 0.148 e. The van der Waals surface area contributed by atoms with E-state index in [-0.39, 0.29) is 18.3 Å². The average Bonchev–Trinajstić information content (AvgIpc) is 2.24. The van der Waals surface area contributed by atoms with Crippen LogP contribution in [-0.2, 0) is 0 Å². The van der Waals surface area contributed by atoms with Crippen LogP contribution in [0.25, 0.3) is 0 Å². The van der Waals surface area contributed by atoms with Crippen molar-refractivity contribution in [1.82, 2.24) is 0 Å². The van der Waals surface area contributed by atoms with Gasteiger partial charge < -0.3 is 15.7 Å². The van der Waals surface area contributed by atoms with E-state index in [9.17, 15) is 4.39 Å². The third-order valence-electron chi connectivity index (χ3n) is 2.52. The van der Waals surface area contributed by atoms with E-state index in [1.807, 2.05) is 18.7 Å². The van der Waals surface area contributed by atoms with Gasteiger partial charge in [0, 0.05) is 19.2 Å². The molecule has 0 radical (unpaired) electrons. The van der Waals surface area contributed by atoms with Gasteiger partial charge in [0.25, 0.3) is 0 Å². The van der Waals surface area contributed by atoms with E-state index in [0.717, 1.165) is 0 Å². The summed E-state index contributed by atoms with van der Waals surface area (Å²) in [5.74, 6) is -0.396. The Hall–Kier alpha value is -1.29. The van der Waals surface area contributed by atoms with Crippen LogP contribution < -0.4 is 10.6 Å². The molecule has 3 nitrogen and oxygen atoms in total. The predicted octanol–water partition coefficient (Wildman–Crippen LogP) is 2.01. The van der Waals surface area contributed by atoms with E-state index in [1.54, 1.807) is 12.1 Å². The molecule has 0 spiro atoms. The number of nitrogens with two attached hydrogens (primary N) is 1. The fraction of sp³-hybridized carbons (Fsp3) is 0.500. The minimum Gasteiger partial charge on any atom is -0.396 e. The summed E-state index contributed by atoms with van der Waals surface area (Å²) in [5, 5.41) is 8.84. The molecule has 0 heterocycles. The number of aliphatic hydroxyl groups is 1. The van der Waals surface area contributed by atoms with E-state index in [0.29, 0.717) is 18.7 Å². The number of nitrogens with zero attached hydrogens (tertiary/aromatic N) is 1. The van der Waals surface area contributed by atoms with E-state index in [4.69, 9.17) is 10.8 Å². The van der Waals surface area contributed by atoms with E-state index in [1.165, 1.54) is 6.07 Å². The van der Waals surface area contributed by atoms with Crippen LogP contribution in [0.3, 0.4) is 0 Å². The van der Waals surface area contributed by atoms with Gasteiger partial charge in [0.1, 0.15) is 5.82 Å². The maximum atomic E-state index is 13.3. The van der Waals surface area contributed by atoms with Crippen LogP contribution in [0, 0.1) is 5.82 Å². The van der Waals surface area contributed by atoms with Crippen LogP contribution in [0.15, 0.2) is 18.2 Å². The first-order valence-corrected chi connectivity index (χ1v) is 5.49. The molecule has 0 atom stereocenters. The highest BCUT2D eigenvalue weighted by molar-refractivity contribution is 5.68. The van der Waals surface area contributed by atoms with Crippen molar-refractivity contribution in [2.45, 2.75) is 26.3 Å². The maximum absolute atomic E-state index is 13.3. The van der Waals surface area contributed by atoms with Crippen LogP contribution >= 0.6 is 0 Å². The lowest BCUT2D eigenvalue weighted by atomic mass is 10.2. The molecule has 4 heteroatoms. The van der Waals surface area contributed by atoms with Crippen molar-refractivity contribution < 1.29 is 9.50 Å². The van der Waals surface area contributed by atoms with Crippen molar-refractivity contribution in [3.63, 3.8) is 0 Å². The predicted molar refractivity (Wildman–Crippen MR) is 65.0 cm³/mol. The molecule has 16 heavy (non-hydrogen) atoms. The molecule has 0 saturated heterocycles. The van der Waals surface area contributed by atoms with Crippen LogP contribution in [-0.4, -0.2) is 24.3 Å². The Labute approximate surface area is 95.7 Å². The van der Waals surface area contributed by atoms with Gasteiger partial charge in [0.15, 0.2) is 0 Å². The van der Waals surface area contributed by atoms with Crippen LogP contribution in [0.2, 0.25) is 0 Å². The largest absolute Gasteiger partial charge is 0.396 e. The van der Waals surface area contributed by atoms with Crippen LogP contribution in [0.1, 0.15) is 20.3 Å². The second kappa shape index (κ2) is 5.70. The molecule has 0 bridgehead atoms. The number of halogens is 1. The monoisotopic (exact) mass is 226 g/mol. The number of hydrogen-bond donors (Lipinski definition) is 2. The van der Waals surface area contributed by atoms with Gasteiger partial charge in [-0.15, -0.1) is 0 Å². The first-order chi connectivity index (χ1) is 7.57. The summed E-state index contributed by atoms with van der Waals surface area (Å²) in [6.45, 7) is 4.82.